The molecular weight excluding hydrogens is 280 g/mol. The van der Waals surface area contributed by atoms with E-state index in [0.29, 0.717) is 19.0 Å². The van der Waals surface area contributed by atoms with Crippen LogP contribution in [0.3, 0.4) is 0 Å². The van der Waals surface area contributed by atoms with Gasteiger partial charge in [0.15, 0.2) is 11.5 Å². The lowest BCUT2D eigenvalue weighted by Crippen LogP contribution is -2.37. The molecule has 0 aliphatic carbocycles. The molecule has 1 aliphatic rings. The van der Waals surface area contributed by atoms with E-state index in [1.165, 1.54) is 0 Å². The number of nitrogens with zero attached hydrogens (tertiary/aromatic N) is 1. The molecule has 1 aliphatic heterocycles. The Kier molecular flexibility index (Phi) is 5.53. The van der Waals surface area contributed by atoms with Gasteiger partial charge in [-0.1, -0.05) is 13.8 Å². The molecule has 0 saturated heterocycles. The molecule has 5 nitrogen and oxygen atoms in total. The van der Waals surface area contributed by atoms with Crippen molar-refractivity contribution in [3.63, 3.8) is 0 Å². The second kappa shape index (κ2) is 7.20. The zero-order chi connectivity index (χ0) is 16.2. The second-order valence-corrected chi connectivity index (χ2v) is 6.83. The number of methoxy groups -OCH3 is 1. The summed E-state index contributed by atoms with van der Waals surface area (Å²) in [5, 5.41) is 3.53. The van der Waals surface area contributed by atoms with Gasteiger partial charge in [0, 0.05) is 19.6 Å². The molecule has 0 spiro atoms. The maximum Gasteiger partial charge on any atom is 0.203 e. The van der Waals surface area contributed by atoms with E-state index in [1.807, 2.05) is 12.1 Å². The predicted molar refractivity (Wildman–Crippen MR) is 88.0 cm³/mol. The Labute approximate surface area is 133 Å². The minimum absolute atomic E-state index is 0.224. The van der Waals surface area contributed by atoms with Gasteiger partial charge in [0.2, 0.25) is 5.75 Å². The SMILES string of the molecule is COc1cc(CNCC(C)(C)CN(C)C)cc2c1OCCO2. The van der Waals surface area contributed by atoms with E-state index in [4.69, 9.17) is 14.2 Å². The molecule has 2 rings (SSSR count). The van der Waals surface area contributed by atoms with Gasteiger partial charge in [-0.2, -0.15) is 0 Å². The van der Waals surface area contributed by atoms with Gasteiger partial charge in [0.25, 0.3) is 0 Å². The van der Waals surface area contributed by atoms with E-state index in [2.05, 4.69) is 38.2 Å². The highest BCUT2D eigenvalue weighted by atomic mass is 16.6. The molecule has 22 heavy (non-hydrogen) atoms. The Morgan fingerprint density at radius 2 is 1.95 bits per heavy atom. The molecule has 0 aromatic heterocycles. The van der Waals surface area contributed by atoms with Crippen LogP contribution in [0, 0.1) is 5.41 Å². The van der Waals surface area contributed by atoms with Crippen LogP contribution in [0.5, 0.6) is 17.2 Å². The van der Waals surface area contributed by atoms with Crippen molar-refractivity contribution in [1.29, 1.82) is 0 Å². The molecule has 5 heteroatoms. The van der Waals surface area contributed by atoms with Crippen LogP contribution in [-0.4, -0.2) is 52.4 Å². The quantitative estimate of drug-likeness (QED) is 0.836. The molecule has 0 amide bonds. The van der Waals surface area contributed by atoms with E-state index in [1.54, 1.807) is 7.11 Å². The largest absolute Gasteiger partial charge is 0.493 e. The summed E-state index contributed by atoms with van der Waals surface area (Å²) in [5.41, 5.74) is 1.36. The number of nitrogens with one attached hydrogen (secondary N) is 1. The highest BCUT2D eigenvalue weighted by Crippen LogP contribution is 2.40. The highest BCUT2D eigenvalue weighted by molar-refractivity contribution is 5.54. The van der Waals surface area contributed by atoms with Gasteiger partial charge < -0.3 is 24.4 Å². The van der Waals surface area contributed by atoms with Crippen molar-refractivity contribution < 1.29 is 14.2 Å². The first-order valence-corrected chi connectivity index (χ1v) is 7.73. The third kappa shape index (κ3) is 4.52. The molecule has 1 aromatic rings. The minimum Gasteiger partial charge on any atom is -0.493 e. The minimum atomic E-state index is 0.224. The molecule has 0 fully saturated rings. The summed E-state index contributed by atoms with van der Waals surface area (Å²) >= 11 is 0. The summed E-state index contributed by atoms with van der Waals surface area (Å²) < 4.78 is 16.7. The van der Waals surface area contributed by atoms with Crippen molar-refractivity contribution in [1.82, 2.24) is 10.2 Å². The van der Waals surface area contributed by atoms with Crippen LogP contribution in [0.15, 0.2) is 12.1 Å². The van der Waals surface area contributed by atoms with Crippen molar-refractivity contribution >= 4 is 0 Å². The topological polar surface area (TPSA) is 43.0 Å². The summed E-state index contributed by atoms with van der Waals surface area (Å²) in [4.78, 5) is 2.22. The third-order valence-electron chi connectivity index (χ3n) is 3.56. The Morgan fingerprint density at radius 3 is 2.64 bits per heavy atom. The fourth-order valence-corrected chi connectivity index (χ4v) is 2.89. The smallest absolute Gasteiger partial charge is 0.203 e. The summed E-state index contributed by atoms with van der Waals surface area (Å²) in [5.74, 6) is 2.22. The fraction of sp³-hybridized carbons (Fsp3) is 0.647. The summed E-state index contributed by atoms with van der Waals surface area (Å²) in [6.45, 7) is 8.47. The molecular formula is C17H28N2O3. The molecule has 0 radical (unpaired) electrons. The number of rotatable bonds is 7. The van der Waals surface area contributed by atoms with E-state index in [0.717, 1.165) is 36.7 Å². The van der Waals surface area contributed by atoms with Gasteiger partial charge in [-0.05, 0) is 37.2 Å². The van der Waals surface area contributed by atoms with Crippen LogP contribution in [0.25, 0.3) is 0 Å². The Hall–Kier alpha value is -1.46. The van der Waals surface area contributed by atoms with Gasteiger partial charge in [-0.15, -0.1) is 0 Å². The number of benzene rings is 1. The molecule has 0 bridgehead atoms. The average molecular weight is 308 g/mol. The maximum atomic E-state index is 5.67. The number of hydrogen-bond donors (Lipinski definition) is 1. The van der Waals surface area contributed by atoms with E-state index < -0.39 is 0 Å². The maximum absolute atomic E-state index is 5.67. The van der Waals surface area contributed by atoms with Gasteiger partial charge in [-0.3, -0.25) is 0 Å². The molecule has 1 N–H and O–H groups in total. The lowest BCUT2D eigenvalue weighted by molar-refractivity contribution is 0.165. The molecule has 1 aromatic carbocycles. The van der Waals surface area contributed by atoms with E-state index in [9.17, 15) is 0 Å². The highest BCUT2D eigenvalue weighted by Gasteiger charge is 2.20. The predicted octanol–water partition coefficient (Wildman–Crippen LogP) is 2.14. The summed E-state index contributed by atoms with van der Waals surface area (Å²) in [6, 6.07) is 4.04. The lowest BCUT2D eigenvalue weighted by atomic mass is 9.93. The average Bonchev–Trinajstić information content (AvgIpc) is 2.44. The number of ether oxygens (including phenoxy) is 3. The van der Waals surface area contributed by atoms with Crippen LogP contribution in [0.4, 0.5) is 0 Å². The van der Waals surface area contributed by atoms with Crippen molar-refractivity contribution in [3.05, 3.63) is 17.7 Å². The first-order valence-electron chi connectivity index (χ1n) is 7.73. The summed E-state index contributed by atoms with van der Waals surface area (Å²) in [6.07, 6.45) is 0. The molecule has 124 valence electrons. The monoisotopic (exact) mass is 308 g/mol. The zero-order valence-corrected chi connectivity index (χ0v) is 14.4. The van der Waals surface area contributed by atoms with Gasteiger partial charge in [0.1, 0.15) is 13.2 Å². The van der Waals surface area contributed by atoms with Crippen LogP contribution in [0.2, 0.25) is 0 Å². The van der Waals surface area contributed by atoms with Crippen LogP contribution in [-0.2, 0) is 6.54 Å². The van der Waals surface area contributed by atoms with Crippen molar-refractivity contribution in [2.45, 2.75) is 20.4 Å². The number of fused-ring (bicyclic) bond motifs is 1. The fourth-order valence-electron chi connectivity index (χ4n) is 2.89. The van der Waals surface area contributed by atoms with Gasteiger partial charge >= 0.3 is 0 Å². The Balaban J connectivity index is 1.98. The molecule has 0 unspecified atom stereocenters. The first kappa shape index (κ1) is 16.9. The number of hydrogen-bond acceptors (Lipinski definition) is 5. The Morgan fingerprint density at radius 1 is 1.23 bits per heavy atom. The third-order valence-corrected chi connectivity index (χ3v) is 3.56. The summed E-state index contributed by atoms with van der Waals surface area (Å²) in [7, 11) is 5.87. The van der Waals surface area contributed by atoms with Crippen molar-refractivity contribution in [2.75, 3.05) is 47.5 Å². The Bertz CT molecular complexity index is 484. The molecule has 0 saturated carbocycles. The van der Waals surface area contributed by atoms with E-state index in [-0.39, 0.29) is 5.41 Å². The van der Waals surface area contributed by atoms with Crippen molar-refractivity contribution in [3.8, 4) is 17.2 Å². The van der Waals surface area contributed by atoms with Crippen molar-refractivity contribution in [2.24, 2.45) is 5.41 Å². The second-order valence-electron chi connectivity index (χ2n) is 6.83. The van der Waals surface area contributed by atoms with Crippen LogP contribution < -0.4 is 19.5 Å². The van der Waals surface area contributed by atoms with Crippen LogP contribution in [0.1, 0.15) is 19.4 Å². The lowest BCUT2D eigenvalue weighted by Gasteiger charge is -2.28. The first-order chi connectivity index (χ1) is 10.4. The molecule has 1 heterocycles. The standard InChI is InChI=1S/C17H28N2O3/c1-17(2,12-19(3)4)11-18-10-13-8-14(20-5)16-15(9-13)21-6-7-22-16/h8-9,18H,6-7,10-12H2,1-5H3. The zero-order valence-electron chi connectivity index (χ0n) is 14.4. The van der Waals surface area contributed by atoms with E-state index >= 15 is 0 Å². The van der Waals surface area contributed by atoms with Gasteiger partial charge in [0.05, 0.1) is 7.11 Å². The molecule has 0 atom stereocenters. The normalized spacial score (nSPS) is 14.3. The van der Waals surface area contributed by atoms with Gasteiger partial charge in [-0.25, -0.2) is 0 Å². The van der Waals surface area contributed by atoms with Crippen LogP contribution >= 0.6 is 0 Å².